The molecule has 1 aromatic heterocycles. The van der Waals surface area contributed by atoms with Crippen molar-refractivity contribution in [2.24, 2.45) is 0 Å². The molecule has 0 aliphatic heterocycles. The lowest BCUT2D eigenvalue weighted by molar-refractivity contribution is -0.114. The molecular formula is C14H15N3O2S. The van der Waals surface area contributed by atoms with Gasteiger partial charge in [-0.15, -0.1) is 11.3 Å². The summed E-state index contributed by atoms with van der Waals surface area (Å²) in [6.07, 6.45) is 0. The smallest absolute Gasteiger partial charge is 0.251 e. The monoisotopic (exact) mass is 289 g/mol. The molecule has 0 unspecified atom stereocenters. The topological polar surface area (TPSA) is 71.1 Å². The molecule has 0 radical (unpaired) electrons. The van der Waals surface area contributed by atoms with E-state index in [9.17, 15) is 9.59 Å². The Morgan fingerprint density at radius 3 is 2.50 bits per heavy atom. The van der Waals surface area contributed by atoms with Crippen molar-refractivity contribution in [3.8, 4) is 0 Å². The van der Waals surface area contributed by atoms with Gasteiger partial charge >= 0.3 is 0 Å². The van der Waals surface area contributed by atoms with Gasteiger partial charge in [0.05, 0.1) is 6.54 Å². The first kappa shape index (κ1) is 14.2. The maximum Gasteiger partial charge on any atom is 0.251 e. The maximum atomic E-state index is 11.9. The highest BCUT2D eigenvalue weighted by atomic mass is 32.1. The van der Waals surface area contributed by atoms with Crippen molar-refractivity contribution in [2.45, 2.75) is 20.4 Å². The van der Waals surface area contributed by atoms with Gasteiger partial charge in [-0.2, -0.15) is 0 Å². The highest BCUT2D eigenvalue weighted by Gasteiger charge is 2.06. The van der Waals surface area contributed by atoms with E-state index in [-0.39, 0.29) is 11.8 Å². The van der Waals surface area contributed by atoms with Crippen LogP contribution in [0.2, 0.25) is 0 Å². The van der Waals surface area contributed by atoms with E-state index in [0.717, 1.165) is 10.7 Å². The molecule has 104 valence electrons. The molecule has 0 fully saturated rings. The van der Waals surface area contributed by atoms with Gasteiger partial charge in [0.2, 0.25) is 5.91 Å². The highest BCUT2D eigenvalue weighted by Crippen LogP contribution is 2.11. The van der Waals surface area contributed by atoms with Gasteiger partial charge in [-0.05, 0) is 31.2 Å². The van der Waals surface area contributed by atoms with Crippen molar-refractivity contribution in [3.05, 3.63) is 45.9 Å². The van der Waals surface area contributed by atoms with Crippen molar-refractivity contribution >= 4 is 28.8 Å². The van der Waals surface area contributed by atoms with Crippen molar-refractivity contribution in [1.82, 2.24) is 10.3 Å². The van der Waals surface area contributed by atoms with E-state index in [1.807, 2.05) is 12.3 Å². The zero-order chi connectivity index (χ0) is 14.5. The number of benzene rings is 1. The molecule has 1 heterocycles. The van der Waals surface area contributed by atoms with Gasteiger partial charge in [0.15, 0.2) is 0 Å². The normalized spacial score (nSPS) is 10.1. The first-order chi connectivity index (χ1) is 9.54. The van der Waals surface area contributed by atoms with Crippen LogP contribution in [-0.4, -0.2) is 16.8 Å². The van der Waals surface area contributed by atoms with Gasteiger partial charge in [0.1, 0.15) is 5.01 Å². The predicted molar refractivity (Wildman–Crippen MR) is 78.8 cm³/mol. The molecule has 0 bridgehead atoms. The number of amides is 2. The number of carbonyl (C=O) groups excluding carboxylic acids is 2. The predicted octanol–water partition coefficient (Wildman–Crippen LogP) is 2.34. The number of anilines is 1. The molecular weight excluding hydrogens is 274 g/mol. The van der Waals surface area contributed by atoms with Crippen molar-refractivity contribution in [1.29, 1.82) is 0 Å². The first-order valence-electron chi connectivity index (χ1n) is 6.11. The molecule has 2 aromatic rings. The summed E-state index contributed by atoms with van der Waals surface area (Å²) in [7, 11) is 0. The Kier molecular flexibility index (Phi) is 4.47. The van der Waals surface area contributed by atoms with Crippen LogP contribution in [-0.2, 0) is 11.3 Å². The van der Waals surface area contributed by atoms with Gasteiger partial charge in [-0.1, -0.05) is 0 Å². The standard InChI is InChI=1S/C14H15N3O2S/c1-9-8-20-13(16-9)7-15-14(19)11-3-5-12(6-4-11)17-10(2)18/h3-6,8H,7H2,1-2H3,(H,15,19)(H,17,18). The SMILES string of the molecule is CC(=O)Nc1ccc(C(=O)NCc2nc(C)cs2)cc1. The minimum atomic E-state index is -0.160. The van der Waals surface area contributed by atoms with E-state index < -0.39 is 0 Å². The second kappa shape index (κ2) is 6.29. The van der Waals surface area contributed by atoms with Crippen LogP contribution in [0.25, 0.3) is 0 Å². The third-order valence-electron chi connectivity index (χ3n) is 2.53. The van der Waals surface area contributed by atoms with Crippen LogP contribution in [0.3, 0.4) is 0 Å². The zero-order valence-electron chi connectivity index (χ0n) is 11.3. The van der Waals surface area contributed by atoms with Crippen molar-refractivity contribution in [2.75, 3.05) is 5.32 Å². The summed E-state index contributed by atoms with van der Waals surface area (Å²) < 4.78 is 0. The largest absolute Gasteiger partial charge is 0.346 e. The average Bonchev–Trinajstić information content (AvgIpc) is 2.82. The van der Waals surface area contributed by atoms with Crippen molar-refractivity contribution in [3.63, 3.8) is 0 Å². The fourth-order valence-electron chi connectivity index (χ4n) is 1.65. The second-order valence-corrected chi connectivity index (χ2v) is 5.27. The minimum Gasteiger partial charge on any atom is -0.346 e. The molecule has 0 aliphatic rings. The molecule has 0 atom stereocenters. The van der Waals surface area contributed by atoms with Gasteiger partial charge in [0.25, 0.3) is 5.91 Å². The summed E-state index contributed by atoms with van der Waals surface area (Å²) in [5.41, 5.74) is 2.18. The Morgan fingerprint density at radius 1 is 1.25 bits per heavy atom. The third kappa shape index (κ3) is 3.89. The third-order valence-corrected chi connectivity index (χ3v) is 3.50. The number of aryl methyl sites for hydroxylation is 1. The maximum absolute atomic E-state index is 11.9. The molecule has 0 spiro atoms. The quantitative estimate of drug-likeness (QED) is 0.907. The molecule has 2 rings (SSSR count). The van der Waals surface area contributed by atoms with Crippen LogP contribution in [0.1, 0.15) is 28.0 Å². The number of thiazole rings is 1. The fraction of sp³-hybridized carbons (Fsp3) is 0.214. The van der Waals surface area contributed by atoms with Gasteiger partial charge < -0.3 is 10.6 Å². The number of aromatic nitrogens is 1. The Balaban J connectivity index is 1.93. The lowest BCUT2D eigenvalue weighted by Crippen LogP contribution is -2.22. The summed E-state index contributed by atoms with van der Waals surface area (Å²) in [6.45, 7) is 3.78. The van der Waals surface area contributed by atoms with Crippen LogP contribution >= 0.6 is 11.3 Å². The van der Waals surface area contributed by atoms with E-state index in [1.54, 1.807) is 24.3 Å². The molecule has 20 heavy (non-hydrogen) atoms. The summed E-state index contributed by atoms with van der Waals surface area (Å²) in [5.74, 6) is -0.298. The second-order valence-electron chi connectivity index (χ2n) is 4.32. The number of nitrogens with zero attached hydrogens (tertiary/aromatic N) is 1. The van der Waals surface area contributed by atoms with Crippen LogP contribution in [0.4, 0.5) is 5.69 Å². The number of hydrogen-bond acceptors (Lipinski definition) is 4. The fourth-order valence-corrected chi connectivity index (χ4v) is 2.36. The summed E-state index contributed by atoms with van der Waals surface area (Å²) >= 11 is 1.52. The Morgan fingerprint density at radius 2 is 1.95 bits per heavy atom. The van der Waals surface area contributed by atoms with Crippen LogP contribution in [0.5, 0.6) is 0 Å². The van der Waals surface area contributed by atoms with E-state index in [0.29, 0.717) is 17.8 Å². The number of carbonyl (C=O) groups is 2. The lowest BCUT2D eigenvalue weighted by Gasteiger charge is -2.05. The molecule has 6 heteroatoms. The molecule has 2 amide bonds. The average molecular weight is 289 g/mol. The van der Waals surface area contributed by atoms with E-state index in [2.05, 4.69) is 15.6 Å². The minimum absolute atomic E-state index is 0.138. The van der Waals surface area contributed by atoms with E-state index >= 15 is 0 Å². The molecule has 2 N–H and O–H groups in total. The van der Waals surface area contributed by atoms with Crippen LogP contribution < -0.4 is 10.6 Å². The van der Waals surface area contributed by atoms with Crippen LogP contribution in [0, 0.1) is 6.92 Å². The highest BCUT2D eigenvalue weighted by molar-refractivity contribution is 7.09. The number of nitrogens with one attached hydrogen (secondary N) is 2. The van der Waals surface area contributed by atoms with E-state index in [4.69, 9.17) is 0 Å². The van der Waals surface area contributed by atoms with Gasteiger partial charge in [-0.25, -0.2) is 4.98 Å². The lowest BCUT2D eigenvalue weighted by atomic mass is 10.2. The summed E-state index contributed by atoms with van der Waals surface area (Å²) in [6, 6.07) is 6.75. The number of hydrogen-bond donors (Lipinski definition) is 2. The Bertz CT molecular complexity index is 620. The first-order valence-corrected chi connectivity index (χ1v) is 6.99. The molecule has 0 aliphatic carbocycles. The summed E-state index contributed by atoms with van der Waals surface area (Å²) in [5, 5.41) is 8.29. The van der Waals surface area contributed by atoms with Crippen molar-refractivity contribution < 1.29 is 9.59 Å². The van der Waals surface area contributed by atoms with E-state index in [1.165, 1.54) is 18.3 Å². The Labute approximate surface area is 121 Å². The van der Waals surface area contributed by atoms with Gasteiger partial charge in [0, 0.05) is 29.2 Å². The number of rotatable bonds is 4. The molecule has 0 saturated heterocycles. The molecule has 5 nitrogen and oxygen atoms in total. The molecule has 0 saturated carbocycles. The van der Waals surface area contributed by atoms with Crippen LogP contribution in [0.15, 0.2) is 29.6 Å². The Hall–Kier alpha value is -2.21. The van der Waals surface area contributed by atoms with Gasteiger partial charge in [-0.3, -0.25) is 9.59 Å². The molecule has 1 aromatic carbocycles. The zero-order valence-corrected chi connectivity index (χ0v) is 12.1. The summed E-state index contributed by atoms with van der Waals surface area (Å²) in [4.78, 5) is 27.1.